The van der Waals surface area contributed by atoms with Crippen LogP contribution in [0.5, 0.6) is 0 Å². The fourth-order valence-corrected chi connectivity index (χ4v) is 4.49. The second-order valence-electron chi connectivity index (χ2n) is 7.54. The molecule has 5 heteroatoms. The molecule has 0 unspecified atom stereocenters. The fourth-order valence-electron chi connectivity index (χ4n) is 4.27. The van der Waals surface area contributed by atoms with Gasteiger partial charge in [0.25, 0.3) is 5.91 Å². The molecule has 0 aliphatic carbocycles. The van der Waals surface area contributed by atoms with Gasteiger partial charge in [-0.1, -0.05) is 60.1 Å². The lowest BCUT2D eigenvalue weighted by Gasteiger charge is -2.43. The van der Waals surface area contributed by atoms with Crippen LogP contribution in [0.4, 0.5) is 11.4 Å². The first-order chi connectivity index (χ1) is 14.5. The van der Waals surface area contributed by atoms with Crippen molar-refractivity contribution in [3.8, 4) is 0 Å². The predicted molar refractivity (Wildman–Crippen MR) is 121 cm³/mol. The van der Waals surface area contributed by atoms with Gasteiger partial charge in [-0.25, -0.2) is 0 Å². The summed E-state index contributed by atoms with van der Waals surface area (Å²) in [6, 6.07) is 24.3. The highest BCUT2D eigenvalue weighted by Crippen LogP contribution is 2.42. The summed E-state index contributed by atoms with van der Waals surface area (Å²) in [4.78, 5) is 29.7. The van der Waals surface area contributed by atoms with Gasteiger partial charge >= 0.3 is 0 Å². The summed E-state index contributed by atoms with van der Waals surface area (Å²) in [5.74, 6) is -0.160. The number of hydrogen-bond acceptors (Lipinski definition) is 2. The molecule has 1 aliphatic heterocycles. The Labute approximate surface area is 181 Å². The summed E-state index contributed by atoms with van der Waals surface area (Å²) in [5.41, 5.74) is 3.09. The number of anilines is 2. The van der Waals surface area contributed by atoms with Crippen molar-refractivity contribution in [3.05, 3.63) is 95.0 Å². The lowest BCUT2D eigenvalue weighted by Crippen LogP contribution is -2.47. The summed E-state index contributed by atoms with van der Waals surface area (Å²) >= 11 is 6.31. The van der Waals surface area contributed by atoms with E-state index in [0.717, 1.165) is 16.9 Å². The maximum absolute atomic E-state index is 13.4. The zero-order valence-electron chi connectivity index (χ0n) is 17.0. The molecule has 3 aromatic rings. The Morgan fingerprint density at radius 1 is 0.933 bits per heavy atom. The number of carbonyl (C=O) groups excluding carboxylic acids is 2. The van der Waals surface area contributed by atoms with Crippen LogP contribution in [-0.4, -0.2) is 17.9 Å². The Kier molecular flexibility index (Phi) is 5.60. The van der Waals surface area contributed by atoms with Gasteiger partial charge in [-0.3, -0.25) is 9.59 Å². The number of amides is 2. The molecule has 1 heterocycles. The second kappa shape index (κ2) is 8.33. The number of carbonyl (C=O) groups is 2. The number of rotatable bonds is 3. The molecule has 0 fully saturated rings. The Morgan fingerprint density at radius 3 is 2.27 bits per heavy atom. The lowest BCUT2D eigenvalue weighted by atomic mass is 9.89. The van der Waals surface area contributed by atoms with E-state index in [0.29, 0.717) is 17.0 Å². The molecular formula is C25H23ClN2O2. The van der Waals surface area contributed by atoms with E-state index in [-0.39, 0.29) is 23.9 Å². The summed E-state index contributed by atoms with van der Waals surface area (Å²) in [7, 11) is 0. The van der Waals surface area contributed by atoms with Crippen molar-refractivity contribution in [1.82, 2.24) is 0 Å². The standard InChI is InChI=1S/C25H23ClN2O2/c1-17-16-24(28(18(2)29)19-10-4-3-5-11-19)21-13-7-9-15-23(21)27(17)25(30)20-12-6-8-14-22(20)26/h3-15,17,24H,16H2,1-2H3/t17-,24+/m1/s1. The number of para-hydroxylation sites is 2. The van der Waals surface area contributed by atoms with E-state index in [4.69, 9.17) is 11.6 Å². The molecule has 0 spiro atoms. The zero-order valence-corrected chi connectivity index (χ0v) is 17.7. The summed E-state index contributed by atoms with van der Waals surface area (Å²) in [6.45, 7) is 3.60. The van der Waals surface area contributed by atoms with E-state index >= 15 is 0 Å². The van der Waals surface area contributed by atoms with Gasteiger partial charge in [0.2, 0.25) is 5.91 Å². The van der Waals surface area contributed by atoms with Gasteiger partial charge in [0.1, 0.15) is 0 Å². The third kappa shape index (κ3) is 3.59. The molecular weight excluding hydrogens is 396 g/mol. The minimum Gasteiger partial charge on any atom is -0.305 e. The Bertz CT molecular complexity index is 1080. The molecule has 4 rings (SSSR count). The van der Waals surface area contributed by atoms with Crippen LogP contribution in [0.25, 0.3) is 0 Å². The molecule has 0 N–H and O–H groups in total. The first-order valence-electron chi connectivity index (χ1n) is 10.0. The third-order valence-electron chi connectivity index (χ3n) is 5.57. The van der Waals surface area contributed by atoms with Crippen molar-refractivity contribution in [2.24, 2.45) is 0 Å². The average molecular weight is 419 g/mol. The van der Waals surface area contributed by atoms with E-state index < -0.39 is 0 Å². The highest BCUT2D eigenvalue weighted by molar-refractivity contribution is 6.34. The predicted octanol–water partition coefficient (Wildman–Crippen LogP) is 5.87. The lowest BCUT2D eigenvalue weighted by molar-refractivity contribution is -0.117. The molecule has 30 heavy (non-hydrogen) atoms. The molecule has 0 saturated carbocycles. The van der Waals surface area contributed by atoms with E-state index in [1.54, 1.807) is 24.0 Å². The van der Waals surface area contributed by atoms with Gasteiger partial charge in [-0.15, -0.1) is 0 Å². The molecule has 1 aliphatic rings. The van der Waals surface area contributed by atoms with Crippen LogP contribution in [0.15, 0.2) is 78.9 Å². The third-order valence-corrected chi connectivity index (χ3v) is 5.90. The van der Waals surface area contributed by atoms with Crippen LogP contribution < -0.4 is 9.80 Å². The molecule has 0 saturated heterocycles. The number of nitrogens with zero attached hydrogens (tertiary/aromatic N) is 2. The highest BCUT2D eigenvalue weighted by atomic mass is 35.5. The molecule has 2 amide bonds. The topological polar surface area (TPSA) is 40.6 Å². The van der Waals surface area contributed by atoms with Crippen molar-refractivity contribution in [1.29, 1.82) is 0 Å². The van der Waals surface area contributed by atoms with Crippen LogP contribution in [0.2, 0.25) is 5.02 Å². The fraction of sp³-hybridized carbons (Fsp3) is 0.200. The van der Waals surface area contributed by atoms with Crippen molar-refractivity contribution >= 4 is 34.8 Å². The molecule has 0 radical (unpaired) electrons. The van der Waals surface area contributed by atoms with Crippen LogP contribution >= 0.6 is 11.6 Å². The van der Waals surface area contributed by atoms with Crippen LogP contribution in [-0.2, 0) is 4.79 Å². The Morgan fingerprint density at radius 2 is 1.57 bits per heavy atom. The van der Waals surface area contributed by atoms with Gasteiger partial charge in [-0.2, -0.15) is 0 Å². The molecule has 152 valence electrons. The van der Waals surface area contributed by atoms with Gasteiger partial charge in [0.05, 0.1) is 16.6 Å². The van der Waals surface area contributed by atoms with Crippen LogP contribution in [0, 0.1) is 0 Å². The maximum atomic E-state index is 13.4. The quantitative estimate of drug-likeness (QED) is 0.533. The molecule has 0 bridgehead atoms. The minimum atomic E-state index is -0.161. The first-order valence-corrected chi connectivity index (χ1v) is 10.4. The number of benzene rings is 3. The minimum absolute atomic E-state index is 0.0286. The number of fused-ring (bicyclic) bond motifs is 1. The Hall–Kier alpha value is -3.11. The van der Waals surface area contributed by atoms with Crippen molar-refractivity contribution in [2.75, 3.05) is 9.80 Å². The van der Waals surface area contributed by atoms with Gasteiger partial charge in [0, 0.05) is 24.3 Å². The summed E-state index contributed by atoms with van der Waals surface area (Å²) in [5, 5.41) is 0.434. The van der Waals surface area contributed by atoms with Crippen LogP contribution in [0.3, 0.4) is 0 Å². The molecule has 0 aromatic heterocycles. The molecule has 4 nitrogen and oxygen atoms in total. The second-order valence-corrected chi connectivity index (χ2v) is 7.95. The van der Waals surface area contributed by atoms with Gasteiger partial charge in [0.15, 0.2) is 0 Å². The normalized spacial score (nSPS) is 17.9. The van der Waals surface area contributed by atoms with Gasteiger partial charge in [-0.05, 0) is 49.2 Å². The summed E-state index contributed by atoms with van der Waals surface area (Å²) < 4.78 is 0. The van der Waals surface area contributed by atoms with E-state index in [1.807, 2.05) is 78.6 Å². The number of halogens is 1. The SMILES string of the molecule is CC(=O)N(c1ccccc1)[C@H]1C[C@@H](C)N(C(=O)c2ccccc2Cl)c2ccccc21. The van der Waals surface area contributed by atoms with Crippen molar-refractivity contribution < 1.29 is 9.59 Å². The molecule has 3 aromatic carbocycles. The smallest absolute Gasteiger partial charge is 0.260 e. The molecule has 2 atom stereocenters. The zero-order chi connectivity index (χ0) is 21.3. The first kappa shape index (κ1) is 20.2. The Balaban J connectivity index is 1.80. The average Bonchev–Trinajstić information content (AvgIpc) is 2.74. The van der Waals surface area contributed by atoms with Crippen LogP contribution in [0.1, 0.15) is 42.2 Å². The van der Waals surface area contributed by atoms with E-state index in [2.05, 4.69) is 0 Å². The highest BCUT2D eigenvalue weighted by Gasteiger charge is 2.38. The van der Waals surface area contributed by atoms with Crippen molar-refractivity contribution in [2.45, 2.75) is 32.4 Å². The largest absolute Gasteiger partial charge is 0.305 e. The van der Waals surface area contributed by atoms with Crippen molar-refractivity contribution in [3.63, 3.8) is 0 Å². The van der Waals surface area contributed by atoms with E-state index in [9.17, 15) is 9.59 Å². The maximum Gasteiger partial charge on any atom is 0.260 e. The monoisotopic (exact) mass is 418 g/mol. The van der Waals surface area contributed by atoms with E-state index in [1.165, 1.54) is 0 Å². The summed E-state index contributed by atoms with van der Waals surface area (Å²) in [6.07, 6.45) is 0.627. The number of hydrogen-bond donors (Lipinski definition) is 0. The van der Waals surface area contributed by atoms with Gasteiger partial charge < -0.3 is 9.80 Å².